The van der Waals surface area contributed by atoms with Crippen LogP contribution in [0.15, 0.2) is 29.1 Å². The van der Waals surface area contributed by atoms with Crippen LogP contribution in [0.5, 0.6) is 0 Å². The van der Waals surface area contributed by atoms with Crippen molar-refractivity contribution in [1.29, 1.82) is 0 Å². The maximum atomic E-state index is 12.5. The van der Waals surface area contributed by atoms with Crippen molar-refractivity contribution in [1.82, 2.24) is 15.3 Å². The number of halogens is 1. The van der Waals surface area contributed by atoms with Gasteiger partial charge in [-0.1, -0.05) is 31.4 Å². The molecule has 1 aromatic heterocycles. The molecule has 0 bridgehead atoms. The van der Waals surface area contributed by atoms with Gasteiger partial charge in [-0.05, 0) is 37.6 Å². The second-order valence-corrected chi connectivity index (χ2v) is 6.64. The van der Waals surface area contributed by atoms with Crippen LogP contribution < -0.4 is 10.9 Å². The van der Waals surface area contributed by atoms with Crippen molar-refractivity contribution < 1.29 is 0 Å². The molecule has 0 radical (unpaired) electrons. The van der Waals surface area contributed by atoms with Crippen LogP contribution in [-0.4, -0.2) is 16.0 Å². The zero-order chi connectivity index (χ0) is 16.4. The second kappa shape index (κ2) is 6.85. The Morgan fingerprint density at radius 1 is 1.30 bits per heavy atom. The van der Waals surface area contributed by atoms with E-state index in [0.29, 0.717) is 23.4 Å². The van der Waals surface area contributed by atoms with Crippen molar-refractivity contribution in [2.24, 2.45) is 0 Å². The van der Waals surface area contributed by atoms with E-state index < -0.39 is 0 Å². The number of nitrogens with one attached hydrogen (secondary N) is 2. The SMILES string of the molecule is CCCC[C@@H]1c2nc(-c3ccc(Cl)cc3)[nH]c(=O)c2CN[C@H]1C. The van der Waals surface area contributed by atoms with Crippen LogP contribution >= 0.6 is 11.6 Å². The third kappa shape index (κ3) is 3.33. The summed E-state index contributed by atoms with van der Waals surface area (Å²) in [5, 5.41) is 4.10. The number of nitrogens with zero attached hydrogens (tertiary/aromatic N) is 1. The van der Waals surface area contributed by atoms with Gasteiger partial charge in [0, 0.05) is 29.1 Å². The number of fused-ring (bicyclic) bond motifs is 1. The quantitative estimate of drug-likeness (QED) is 0.894. The van der Waals surface area contributed by atoms with Gasteiger partial charge in [0.1, 0.15) is 5.82 Å². The Kier molecular flexibility index (Phi) is 4.83. The first kappa shape index (κ1) is 16.2. The van der Waals surface area contributed by atoms with Crippen molar-refractivity contribution >= 4 is 11.6 Å². The van der Waals surface area contributed by atoms with Gasteiger partial charge in [0.15, 0.2) is 0 Å². The first-order valence-electron chi connectivity index (χ1n) is 8.22. The predicted molar refractivity (Wildman–Crippen MR) is 93.9 cm³/mol. The highest BCUT2D eigenvalue weighted by Crippen LogP contribution is 2.30. The third-order valence-electron chi connectivity index (χ3n) is 4.59. The second-order valence-electron chi connectivity index (χ2n) is 6.20. The zero-order valence-electron chi connectivity index (χ0n) is 13.5. The van der Waals surface area contributed by atoms with E-state index in [-0.39, 0.29) is 11.5 Å². The van der Waals surface area contributed by atoms with E-state index in [1.807, 2.05) is 24.3 Å². The normalized spacial score (nSPS) is 20.3. The van der Waals surface area contributed by atoms with Crippen LogP contribution in [-0.2, 0) is 6.54 Å². The fourth-order valence-corrected chi connectivity index (χ4v) is 3.32. The van der Waals surface area contributed by atoms with E-state index in [1.165, 1.54) is 0 Å². The lowest BCUT2D eigenvalue weighted by Gasteiger charge is -2.31. The molecule has 3 rings (SSSR count). The topological polar surface area (TPSA) is 57.8 Å². The Balaban J connectivity index is 2.05. The molecule has 1 aliphatic rings. The zero-order valence-corrected chi connectivity index (χ0v) is 14.3. The molecule has 2 heterocycles. The molecule has 0 unspecified atom stereocenters. The van der Waals surface area contributed by atoms with Gasteiger partial charge < -0.3 is 10.3 Å². The molecule has 0 spiro atoms. The van der Waals surface area contributed by atoms with Crippen LogP contribution in [0.4, 0.5) is 0 Å². The summed E-state index contributed by atoms with van der Waals surface area (Å²) in [6.45, 7) is 4.95. The minimum atomic E-state index is -0.0409. The summed E-state index contributed by atoms with van der Waals surface area (Å²) in [5.41, 5.74) is 2.58. The monoisotopic (exact) mass is 331 g/mol. The molecule has 2 aromatic rings. The molecule has 0 fully saturated rings. The number of rotatable bonds is 4. The van der Waals surface area contributed by atoms with Crippen molar-refractivity contribution in [3.63, 3.8) is 0 Å². The van der Waals surface area contributed by atoms with E-state index >= 15 is 0 Å². The molecule has 0 saturated heterocycles. The predicted octanol–water partition coefficient (Wildman–Crippen LogP) is 3.86. The summed E-state index contributed by atoms with van der Waals surface area (Å²) in [7, 11) is 0. The molecule has 1 aromatic carbocycles. The van der Waals surface area contributed by atoms with E-state index in [0.717, 1.165) is 36.1 Å². The minimum Gasteiger partial charge on any atom is -0.309 e. The largest absolute Gasteiger partial charge is 0.309 e. The van der Waals surface area contributed by atoms with E-state index in [9.17, 15) is 4.79 Å². The van der Waals surface area contributed by atoms with Gasteiger partial charge in [0.2, 0.25) is 0 Å². The molecule has 2 atom stereocenters. The van der Waals surface area contributed by atoms with Gasteiger partial charge in [0.05, 0.1) is 11.3 Å². The van der Waals surface area contributed by atoms with Crippen molar-refractivity contribution in [2.45, 2.75) is 51.6 Å². The van der Waals surface area contributed by atoms with Gasteiger partial charge >= 0.3 is 0 Å². The Morgan fingerprint density at radius 3 is 2.74 bits per heavy atom. The number of H-pyrrole nitrogens is 1. The molecule has 23 heavy (non-hydrogen) atoms. The third-order valence-corrected chi connectivity index (χ3v) is 4.84. The van der Waals surface area contributed by atoms with Gasteiger partial charge in [-0.3, -0.25) is 4.79 Å². The molecule has 2 N–H and O–H groups in total. The van der Waals surface area contributed by atoms with Crippen LogP contribution in [0.2, 0.25) is 5.02 Å². The highest BCUT2D eigenvalue weighted by atomic mass is 35.5. The molecule has 4 nitrogen and oxygen atoms in total. The molecule has 0 saturated carbocycles. The molecule has 5 heteroatoms. The maximum absolute atomic E-state index is 12.5. The molecular weight excluding hydrogens is 310 g/mol. The fourth-order valence-electron chi connectivity index (χ4n) is 3.19. The number of hydrogen-bond donors (Lipinski definition) is 2. The Morgan fingerprint density at radius 2 is 2.04 bits per heavy atom. The average Bonchev–Trinajstić information content (AvgIpc) is 2.54. The first-order valence-corrected chi connectivity index (χ1v) is 8.60. The lowest BCUT2D eigenvalue weighted by Crippen LogP contribution is -2.41. The van der Waals surface area contributed by atoms with Crippen molar-refractivity contribution in [3.05, 3.63) is 50.9 Å². The molecular formula is C18H22ClN3O. The number of benzene rings is 1. The highest BCUT2D eigenvalue weighted by Gasteiger charge is 2.29. The highest BCUT2D eigenvalue weighted by molar-refractivity contribution is 6.30. The van der Waals surface area contributed by atoms with Crippen LogP contribution in [0, 0.1) is 0 Å². The first-order chi connectivity index (χ1) is 11.1. The summed E-state index contributed by atoms with van der Waals surface area (Å²) >= 11 is 5.94. The molecule has 0 amide bonds. The molecule has 122 valence electrons. The summed E-state index contributed by atoms with van der Waals surface area (Å²) in [5.74, 6) is 0.910. The van der Waals surface area contributed by atoms with E-state index in [4.69, 9.17) is 16.6 Å². The average molecular weight is 332 g/mol. The molecule has 0 aliphatic carbocycles. The Hall–Kier alpha value is -1.65. The summed E-state index contributed by atoms with van der Waals surface area (Å²) in [6, 6.07) is 7.74. The number of aromatic nitrogens is 2. The van der Waals surface area contributed by atoms with Crippen LogP contribution in [0.1, 0.15) is 50.3 Å². The van der Waals surface area contributed by atoms with Gasteiger partial charge in [-0.2, -0.15) is 0 Å². The minimum absolute atomic E-state index is 0.0409. The van der Waals surface area contributed by atoms with Crippen LogP contribution in [0.3, 0.4) is 0 Å². The summed E-state index contributed by atoms with van der Waals surface area (Å²) in [6.07, 6.45) is 3.33. The van der Waals surface area contributed by atoms with Crippen molar-refractivity contribution in [2.75, 3.05) is 0 Å². The Bertz CT molecular complexity index is 739. The van der Waals surface area contributed by atoms with Gasteiger partial charge in [-0.25, -0.2) is 4.98 Å². The standard InChI is InChI=1S/C18H22ClN3O/c1-3-4-5-14-11(2)20-10-15-16(14)21-17(22-18(15)23)12-6-8-13(19)9-7-12/h6-9,11,14,20H,3-5,10H2,1-2H3,(H,21,22,23)/t11-,14-/m0/s1. The number of unbranched alkanes of at least 4 members (excludes halogenated alkanes) is 1. The fraction of sp³-hybridized carbons (Fsp3) is 0.444. The molecule has 1 aliphatic heterocycles. The number of hydrogen-bond acceptors (Lipinski definition) is 3. The summed E-state index contributed by atoms with van der Waals surface area (Å²) < 4.78 is 0. The van der Waals surface area contributed by atoms with Gasteiger partial charge in [-0.15, -0.1) is 0 Å². The summed E-state index contributed by atoms with van der Waals surface area (Å²) in [4.78, 5) is 20.2. The van der Waals surface area contributed by atoms with Gasteiger partial charge in [0.25, 0.3) is 5.56 Å². The lowest BCUT2D eigenvalue weighted by molar-refractivity contribution is 0.389. The lowest BCUT2D eigenvalue weighted by atomic mass is 9.86. The van der Waals surface area contributed by atoms with E-state index in [2.05, 4.69) is 24.1 Å². The van der Waals surface area contributed by atoms with Crippen LogP contribution in [0.25, 0.3) is 11.4 Å². The maximum Gasteiger partial charge on any atom is 0.255 e. The Labute approximate surface area is 141 Å². The smallest absolute Gasteiger partial charge is 0.255 e. The van der Waals surface area contributed by atoms with E-state index in [1.54, 1.807) is 0 Å². The number of aromatic amines is 1. The van der Waals surface area contributed by atoms with Crippen molar-refractivity contribution in [3.8, 4) is 11.4 Å².